The molecule has 1 aliphatic rings. The summed E-state index contributed by atoms with van der Waals surface area (Å²) < 4.78 is 0. The minimum absolute atomic E-state index is 0.145. The van der Waals surface area contributed by atoms with Crippen LogP contribution in [0.3, 0.4) is 0 Å². The summed E-state index contributed by atoms with van der Waals surface area (Å²) >= 11 is 12.6. The Morgan fingerprint density at radius 3 is 2.43 bits per heavy atom. The van der Waals surface area contributed by atoms with E-state index in [1.807, 2.05) is 19.1 Å². The fraction of sp³-hybridized carbons (Fsp3) is 0.318. The Hall–Kier alpha value is -2.57. The Kier molecular flexibility index (Phi) is 7.00. The van der Waals surface area contributed by atoms with Crippen molar-refractivity contribution < 1.29 is 9.59 Å². The van der Waals surface area contributed by atoms with Crippen molar-refractivity contribution in [3.63, 3.8) is 0 Å². The van der Waals surface area contributed by atoms with Gasteiger partial charge in [-0.05, 0) is 43.2 Å². The van der Waals surface area contributed by atoms with Gasteiger partial charge in [0.2, 0.25) is 5.91 Å². The first kappa shape index (κ1) is 22.1. The van der Waals surface area contributed by atoms with E-state index < -0.39 is 0 Å². The van der Waals surface area contributed by atoms with Crippen LogP contribution in [0.15, 0.2) is 41.5 Å². The van der Waals surface area contributed by atoms with Gasteiger partial charge in [-0.3, -0.25) is 4.79 Å². The van der Waals surface area contributed by atoms with Crippen LogP contribution in [0, 0.1) is 0 Å². The normalized spacial score (nSPS) is 15.3. The molecule has 8 heteroatoms. The first-order chi connectivity index (χ1) is 14.3. The lowest BCUT2D eigenvalue weighted by atomic mass is 9.92. The van der Waals surface area contributed by atoms with Gasteiger partial charge in [0.25, 0.3) is 0 Å². The van der Waals surface area contributed by atoms with E-state index in [2.05, 4.69) is 22.7 Å². The molecule has 2 aromatic rings. The first-order valence-corrected chi connectivity index (χ1v) is 10.6. The molecule has 1 aliphatic heterocycles. The Morgan fingerprint density at radius 1 is 1.13 bits per heavy atom. The fourth-order valence-corrected chi connectivity index (χ4v) is 3.63. The number of hydrogen-bond acceptors (Lipinski definition) is 3. The largest absolute Gasteiger partial charge is 0.338 e. The van der Waals surface area contributed by atoms with Gasteiger partial charge in [-0.1, -0.05) is 48.7 Å². The van der Waals surface area contributed by atoms with Crippen molar-refractivity contribution in [2.75, 3.05) is 11.9 Å². The van der Waals surface area contributed by atoms with E-state index in [1.54, 1.807) is 24.3 Å². The number of hydrogen-bond donors (Lipinski definition) is 2. The van der Waals surface area contributed by atoms with Gasteiger partial charge in [-0.15, -0.1) is 0 Å². The summed E-state index contributed by atoms with van der Waals surface area (Å²) in [6.07, 6.45) is 1.88. The second-order valence-electron chi connectivity index (χ2n) is 7.17. The second-order valence-corrected chi connectivity index (χ2v) is 7.98. The van der Waals surface area contributed by atoms with Crippen LogP contribution in [0.2, 0.25) is 10.0 Å². The highest BCUT2D eigenvalue weighted by atomic mass is 35.5. The van der Waals surface area contributed by atoms with E-state index in [4.69, 9.17) is 23.2 Å². The van der Waals surface area contributed by atoms with Gasteiger partial charge in [-0.2, -0.15) is 5.10 Å². The number of hydrazone groups is 1. The molecule has 0 saturated carbocycles. The Labute approximate surface area is 186 Å². The van der Waals surface area contributed by atoms with E-state index in [0.717, 1.165) is 29.5 Å². The third kappa shape index (κ3) is 4.77. The van der Waals surface area contributed by atoms with Crippen molar-refractivity contribution >= 4 is 46.5 Å². The van der Waals surface area contributed by atoms with Gasteiger partial charge >= 0.3 is 6.03 Å². The molecule has 0 aliphatic carbocycles. The lowest BCUT2D eigenvalue weighted by molar-refractivity contribution is -0.114. The molecule has 158 valence electrons. The summed E-state index contributed by atoms with van der Waals surface area (Å²) in [7, 11) is 0. The lowest BCUT2D eigenvalue weighted by Gasteiger charge is -2.32. The molecule has 0 radical (unpaired) electrons. The minimum Gasteiger partial charge on any atom is -0.336 e. The number of unbranched alkanes of at least 4 members (excludes halogenated alkanes) is 1. The molecule has 3 rings (SSSR count). The third-order valence-electron chi connectivity index (χ3n) is 4.87. The van der Waals surface area contributed by atoms with Crippen LogP contribution in [-0.2, 0) is 4.79 Å². The molecule has 1 atom stereocenters. The monoisotopic (exact) mass is 446 g/mol. The van der Waals surface area contributed by atoms with Gasteiger partial charge in [-0.25, -0.2) is 9.80 Å². The molecule has 0 bridgehead atoms. The average Bonchev–Trinajstić information content (AvgIpc) is 2.70. The molecule has 0 spiro atoms. The molecule has 1 heterocycles. The maximum Gasteiger partial charge on any atom is 0.338 e. The fourth-order valence-electron chi connectivity index (χ4n) is 3.30. The number of nitrogens with zero attached hydrogens (tertiary/aromatic N) is 2. The van der Waals surface area contributed by atoms with Crippen LogP contribution in [0.1, 0.15) is 56.3 Å². The number of nitrogens with one attached hydrogen (secondary N) is 2. The quantitative estimate of drug-likeness (QED) is 0.587. The highest BCUT2D eigenvalue weighted by Gasteiger charge is 2.31. The molecular formula is C22H24Cl2N4O2. The molecule has 3 amide bonds. The van der Waals surface area contributed by atoms with E-state index in [9.17, 15) is 9.59 Å². The van der Waals surface area contributed by atoms with Gasteiger partial charge < -0.3 is 10.6 Å². The van der Waals surface area contributed by atoms with Crippen LogP contribution >= 0.6 is 23.2 Å². The SMILES string of the molecule is CCCCNC(=O)N1N=C(c2ccc(NC(C)=O)cc2)c2cc(Cl)c(Cl)cc2C1C. The Morgan fingerprint density at radius 2 is 1.80 bits per heavy atom. The van der Waals surface area contributed by atoms with Gasteiger partial charge in [0.05, 0.1) is 21.8 Å². The number of benzene rings is 2. The molecular weight excluding hydrogens is 423 g/mol. The smallest absolute Gasteiger partial charge is 0.336 e. The molecule has 2 N–H and O–H groups in total. The number of halogens is 2. The third-order valence-corrected chi connectivity index (χ3v) is 5.59. The maximum atomic E-state index is 12.8. The number of carbonyl (C=O) groups is 2. The zero-order valence-corrected chi connectivity index (χ0v) is 18.6. The topological polar surface area (TPSA) is 73.8 Å². The summed E-state index contributed by atoms with van der Waals surface area (Å²) in [4.78, 5) is 24.1. The van der Waals surface area contributed by atoms with Gasteiger partial charge in [0, 0.05) is 30.3 Å². The molecule has 6 nitrogen and oxygen atoms in total. The van der Waals surface area contributed by atoms with Crippen molar-refractivity contribution in [3.05, 3.63) is 63.1 Å². The number of rotatable bonds is 5. The predicted molar refractivity (Wildman–Crippen MR) is 121 cm³/mol. The summed E-state index contributed by atoms with van der Waals surface area (Å²) in [6, 6.07) is 10.3. The van der Waals surface area contributed by atoms with Crippen LogP contribution < -0.4 is 10.6 Å². The molecule has 0 saturated heterocycles. The van der Waals surface area contributed by atoms with Crippen molar-refractivity contribution in [1.29, 1.82) is 0 Å². The predicted octanol–water partition coefficient (Wildman–Crippen LogP) is 5.59. The van der Waals surface area contributed by atoms with E-state index in [1.165, 1.54) is 11.9 Å². The van der Waals surface area contributed by atoms with E-state index in [-0.39, 0.29) is 18.0 Å². The van der Waals surface area contributed by atoms with Crippen molar-refractivity contribution in [3.8, 4) is 0 Å². The van der Waals surface area contributed by atoms with Crippen LogP contribution in [0.25, 0.3) is 0 Å². The molecule has 2 aromatic carbocycles. The number of carbonyl (C=O) groups excluding carboxylic acids is 2. The maximum absolute atomic E-state index is 12.8. The van der Waals surface area contributed by atoms with Crippen molar-refractivity contribution in [2.24, 2.45) is 5.10 Å². The van der Waals surface area contributed by atoms with Gasteiger partial charge in [0.1, 0.15) is 0 Å². The highest BCUT2D eigenvalue weighted by Crippen LogP contribution is 2.36. The highest BCUT2D eigenvalue weighted by molar-refractivity contribution is 6.42. The zero-order chi connectivity index (χ0) is 21.8. The molecule has 30 heavy (non-hydrogen) atoms. The zero-order valence-electron chi connectivity index (χ0n) is 17.1. The Balaban J connectivity index is 2.03. The van der Waals surface area contributed by atoms with Gasteiger partial charge in [0.15, 0.2) is 0 Å². The summed E-state index contributed by atoms with van der Waals surface area (Å²) in [6.45, 7) is 6.02. The number of urea groups is 1. The van der Waals surface area contributed by atoms with E-state index in [0.29, 0.717) is 28.0 Å². The number of amides is 3. The second kappa shape index (κ2) is 9.49. The Bertz CT molecular complexity index is 989. The summed E-state index contributed by atoms with van der Waals surface area (Å²) in [5.74, 6) is -0.145. The van der Waals surface area contributed by atoms with Crippen molar-refractivity contribution in [2.45, 2.75) is 39.7 Å². The minimum atomic E-state index is -0.307. The molecule has 0 fully saturated rings. The van der Waals surface area contributed by atoms with Crippen LogP contribution in [0.5, 0.6) is 0 Å². The average molecular weight is 447 g/mol. The lowest BCUT2D eigenvalue weighted by Crippen LogP contribution is -2.41. The first-order valence-electron chi connectivity index (χ1n) is 9.84. The molecule has 0 aromatic heterocycles. The summed E-state index contributed by atoms with van der Waals surface area (Å²) in [5, 5.41) is 12.6. The van der Waals surface area contributed by atoms with Crippen molar-refractivity contribution in [1.82, 2.24) is 10.3 Å². The number of fused-ring (bicyclic) bond motifs is 1. The molecule has 1 unspecified atom stereocenters. The summed E-state index contributed by atoms with van der Waals surface area (Å²) in [5.41, 5.74) is 3.77. The standard InChI is InChI=1S/C22H24Cl2N4O2/c1-4-5-10-25-22(30)28-13(2)17-11-19(23)20(24)12-18(17)21(27-28)15-6-8-16(9-7-15)26-14(3)29/h6-9,11-13H,4-5,10H2,1-3H3,(H,25,30)(H,26,29). The van der Waals surface area contributed by atoms with E-state index >= 15 is 0 Å². The van der Waals surface area contributed by atoms with Crippen LogP contribution in [-0.4, -0.2) is 29.2 Å². The number of anilines is 1. The van der Waals surface area contributed by atoms with Crippen LogP contribution in [0.4, 0.5) is 10.5 Å².